The van der Waals surface area contributed by atoms with Crippen molar-refractivity contribution in [3.63, 3.8) is 0 Å². The standard InChI is InChI=1S/C16H18.H2O/c1-11-10-16(14(4)13(3)12(11)2)15-8-6-5-7-9-15;/h5-10H,1-4H3;1H2. The Balaban J connectivity index is 0.00000144. The first-order valence-corrected chi connectivity index (χ1v) is 5.74. The van der Waals surface area contributed by atoms with Crippen molar-refractivity contribution in [2.75, 3.05) is 0 Å². The lowest BCUT2D eigenvalue weighted by Crippen LogP contribution is -1.94. The fourth-order valence-electron chi connectivity index (χ4n) is 2.13. The summed E-state index contributed by atoms with van der Waals surface area (Å²) in [5.41, 5.74) is 8.28. The number of rotatable bonds is 1. The summed E-state index contributed by atoms with van der Waals surface area (Å²) in [6, 6.07) is 12.9. The van der Waals surface area contributed by atoms with E-state index in [2.05, 4.69) is 64.1 Å². The highest BCUT2D eigenvalue weighted by atomic mass is 16.0. The molecule has 0 amide bonds. The summed E-state index contributed by atoms with van der Waals surface area (Å²) in [6.07, 6.45) is 0. The molecule has 0 aliphatic rings. The van der Waals surface area contributed by atoms with Crippen molar-refractivity contribution >= 4 is 0 Å². The van der Waals surface area contributed by atoms with E-state index in [0.717, 1.165) is 0 Å². The van der Waals surface area contributed by atoms with Gasteiger partial charge in [0.05, 0.1) is 0 Å². The average Bonchev–Trinajstić information content (AvgIpc) is 2.32. The van der Waals surface area contributed by atoms with Crippen LogP contribution in [0.1, 0.15) is 22.3 Å². The molecule has 0 aliphatic carbocycles. The van der Waals surface area contributed by atoms with Crippen LogP contribution in [0.3, 0.4) is 0 Å². The van der Waals surface area contributed by atoms with E-state index >= 15 is 0 Å². The molecule has 17 heavy (non-hydrogen) atoms. The van der Waals surface area contributed by atoms with E-state index in [1.165, 1.54) is 33.4 Å². The Morgan fingerprint density at radius 1 is 0.706 bits per heavy atom. The fourth-order valence-corrected chi connectivity index (χ4v) is 2.13. The number of hydrogen-bond acceptors (Lipinski definition) is 0. The molecule has 0 aromatic heterocycles. The Morgan fingerprint density at radius 3 is 1.88 bits per heavy atom. The quantitative estimate of drug-likeness (QED) is 0.711. The third-order valence-corrected chi connectivity index (χ3v) is 3.57. The van der Waals surface area contributed by atoms with Gasteiger partial charge in [-0.1, -0.05) is 36.4 Å². The lowest BCUT2D eigenvalue weighted by atomic mass is 9.91. The minimum Gasteiger partial charge on any atom is -0.412 e. The summed E-state index contributed by atoms with van der Waals surface area (Å²) >= 11 is 0. The van der Waals surface area contributed by atoms with Crippen molar-refractivity contribution in [3.05, 3.63) is 58.7 Å². The van der Waals surface area contributed by atoms with Crippen LogP contribution >= 0.6 is 0 Å². The van der Waals surface area contributed by atoms with Gasteiger partial charge < -0.3 is 5.48 Å². The largest absolute Gasteiger partial charge is 0.412 e. The van der Waals surface area contributed by atoms with Gasteiger partial charge >= 0.3 is 0 Å². The van der Waals surface area contributed by atoms with Gasteiger partial charge in [-0.15, -0.1) is 0 Å². The summed E-state index contributed by atoms with van der Waals surface area (Å²) in [7, 11) is 0. The molecule has 0 fully saturated rings. The molecule has 2 aromatic rings. The van der Waals surface area contributed by atoms with E-state index in [9.17, 15) is 0 Å². The van der Waals surface area contributed by atoms with Crippen LogP contribution in [0.15, 0.2) is 36.4 Å². The van der Waals surface area contributed by atoms with E-state index in [1.54, 1.807) is 0 Å². The van der Waals surface area contributed by atoms with Crippen LogP contribution in [0.2, 0.25) is 0 Å². The van der Waals surface area contributed by atoms with Gasteiger partial charge in [-0.05, 0) is 61.1 Å². The first kappa shape index (κ1) is 13.5. The summed E-state index contributed by atoms with van der Waals surface area (Å²) in [5, 5.41) is 0. The van der Waals surface area contributed by atoms with Crippen LogP contribution in [0, 0.1) is 27.7 Å². The highest BCUT2D eigenvalue weighted by molar-refractivity contribution is 5.70. The molecule has 2 rings (SSSR count). The van der Waals surface area contributed by atoms with Gasteiger partial charge in [-0.3, -0.25) is 0 Å². The number of benzene rings is 2. The smallest absolute Gasteiger partial charge is 0.0149 e. The maximum atomic E-state index is 2.30. The van der Waals surface area contributed by atoms with E-state index in [4.69, 9.17) is 0 Å². The Labute approximate surface area is 103 Å². The summed E-state index contributed by atoms with van der Waals surface area (Å²) < 4.78 is 0. The second-order valence-corrected chi connectivity index (χ2v) is 4.48. The normalized spacial score (nSPS) is 9.88. The van der Waals surface area contributed by atoms with Crippen molar-refractivity contribution in [3.8, 4) is 11.1 Å². The van der Waals surface area contributed by atoms with Crippen LogP contribution in [-0.4, -0.2) is 5.48 Å². The van der Waals surface area contributed by atoms with Crippen LogP contribution in [-0.2, 0) is 0 Å². The molecule has 1 heteroatoms. The highest BCUT2D eigenvalue weighted by Crippen LogP contribution is 2.29. The number of hydrogen-bond donors (Lipinski definition) is 0. The minimum absolute atomic E-state index is 0. The van der Waals surface area contributed by atoms with Gasteiger partial charge in [0.1, 0.15) is 0 Å². The zero-order valence-corrected chi connectivity index (χ0v) is 11.0. The summed E-state index contributed by atoms with van der Waals surface area (Å²) in [6.45, 7) is 8.81. The molecule has 0 bridgehead atoms. The molecular weight excluding hydrogens is 208 g/mol. The van der Waals surface area contributed by atoms with Gasteiger partial charge in [0, 0.05) is 0 Å². The van der Waals surface area contributed by atoms with Gasteiger partial charge in [-0.25, -0.2) is 0 Å². The molecule has 2 aromatic carbocycles. The zero-order valence-electron chi connectivity index (χ0n) is 11.0. The lowest BCUT2D eigenvalue weighted by molar-refractivity contribution is 0.824. The van der Waals surface area contributed by atoms with Crippen LogP contribution in [0.25, 0.3) is 11.1 Å². The van der Waals surface area contributed by atoms with Gasteiger partial charge in [0.15, 0.2) is 0 Å². The molecule has 1 nitrogen and oxygen atoms in total. The molecular formula is C16H20O. The van der Waals surface area contributed by atoms with Crippen LogP contribution in [0.4, 0.5) is 0 Å². The van der Waals surface area contributed by atoms with E-state index in [-0.39, 0.29) is 5.48 Å². The molecule has 0 atom stereocenters. The molecule has 0 unspecified atom stereocenters. The maximum Gasteiger partial charge on any atom is -0.0149 e. The molecule has 0 saturated heterocycles. The van der Waals surface area contributed by atoms with Crippen molar-refractivity contribution in [1.82, 2.24) is 0 Å². The summed E-state index contributed by atoms with van der Waals surface area (Å²) in [4.78, 5) is 0. The maximum absolute atomic E-state index is 2.30. The Kier molecular flexibility index (Phi) is 4.08. The molecule has 0 spiro atoms. The van der Waals surface area contributed by atoms with E-state index < -0.39 is 0 Å². The Hall–Kier alpha value is -1.60. The first-order chi connectivity index (χ1) is 7.61. The van der Waals surface area contributed by atoms with Crippen LogP contribution < -0.4 is 0 Å². The minimum atomic E-state index is 0. The Morgan fingerprint density at radius 2 is 1.29 bits per heavy atom. The summed E-state index contributed by atoms with van der Waals surface area (Å²) in [5.74, 6) is 0. The van der Waals surface area contributed by atoms with Gasteiger partial charge in [0.25, 0.3) is 0 Å². The monoisotopic (exact) mass is 228 g/mol. The first-order valence-electron chi connectivity index (χ1n) is 5.74. The third-order valence-electron chi connectivity index (χ3n) is 3.57. The van der Waals surface area contributed by atoms with Crippen molar-refractivity contribution in [2.24, 2.45) is 0 Å². The molecule has 0 heterocycles. The predicted octanol–water partition coefficient (Wildman–Crippen LogP) is 3.76. The third kappa shape index (κ3) is 2.40. The van der Waals surface area contributed by atoms with E-state index in [1.807, 2.05) is 0 Å². The van der Waals surface area contributed by atoms with Crippen molar-refractivity contribution in [1.29, 1.82) is 0 Å². The van der Waals surface area contributed by atoms with Crippen molar-refractivity contribution in [2.45, 2.75) is 27.7 Å². The van der Waals surface area contributed by atoms with Gasteiger partial charge in [-0.2, -0.15) is 0 Å². The number of aryl methyl sites for hydroxylation is 1. The Bertz CT molecular complexity index is 513. The van der Waals surface area contributed by atoms with E-state index in [0.29, 0.717) is 0 Å². The fraction of sp³-hybridized carbons (Fsp3) is 0.250. The van der Waals surface area contributed by atoms with Crippen molar-refractivity contribution < 1.29 is 5.48 Å². The second kappa shape index (κ2) is 5.15. The highest BCUT2D eigenvalue weighted by Gasteiger charge is 2.08. The SMILES string of the molecule is Cc1cc(-c2ccccc2)c(C)c(C)c1C.O. The van der Waals surface area contributed by atoms with Gasteiger partial charge in [0.2, 0.25) is 0 Å². The molecule has 0 aliphatic heterocycles. The molecule has 2 N–H and O–H groups in total. The average molecular weight is 228 g/mol. The molecule has 90 valence electrons. The predicted molar refractivity (Wildman–Crippen MR) is 74.4 cm³/mol. The molecule has 0 saturated carbocycles. The lowest BCUT2D eigenvalue weighted by Gasteiger charge is -2.14. The van der Waals surface area contributed by atoms with Crippen LogP contribution in [0.5, 0.6) is 0 Å². The molecule has 0 radical (unpaired) electrons. The second-order valence-electron chi connectivity index (χ2n) is 4.48. The zero-order chi connectivity index (χ0) is 11.7. The topological polar surface area (TPSA) is 31.5 Å².